The molecule has 0 spiro atoms. The molecule has 2 aromatic carbocycles. The van der Waals surface area contributed by atoms with E-state index >= 15 is 0 Å². The van der Waals surface area contributed by atoms with Gasteiger partial charge in [0.15, 0.2) is 5.43 Å². The van der Waals surface area contributed by atoms with Crippen molar-refractivity contribution in [2.75, 3.05) is 5.32 Å². The number of amides is 1. The molecule has 3 N–H and O–H groups in total. The van der Waals surface area contributed by atoms with Crippen molar-refractivity contribution in [3.8, 4) is 0 Å². The van der Waals surface area contributed by atoms with Crippen molar-refractivity contribution >= 4 is 33.5 Å². The normalized spacial score (nSPS) is 14.6. The number of benzene rings is 2. The monoisotopic (exact) mass is 458 g/mol. The first-order valence-corrected chi connectivity index (χ1v) is 11.6. The van der Waals surface area contributed by atoms with Crippen LogP contribution in [0.2, 0.25) is 0 Å². The molecule has 5 rings (SSSR count). The maximum absolute atomic E-state index is 14.9. The highest BCUT2D eigenvalue weighted by atomic mass is 19.1. The predicted octanol–water partition coefficient (Wildman–Crippen LogP) is 5.24. The van der Waals surface area contributed by atoms with Crippen LogP contribution in [0.25, 0.3) is 21.8 Å². The number of hydrogen-bond donors (Lipinski definition) is 3. The number of fused-ring (bicyclic) bond motifs is 2. The molecule has 4 aromatic rings. The third kappa shape index (κ3) is 4.14. The van der Waals surface area contributed by atoms with E-state index in [-0.39, 0.29) is 16.4 Å². The van der Waals surface area contributed by atoms with Gasteiger partial charge in [-0.25, -0.2) is 9.37 Å². The van der Waals surface area contributed by atoms with E-state index in [9.17, 15) is 14.0 Å². The second-order valence-electron chi connectivity index (χ2n) is 9.51. The fraction of sp³-hybridized carbons (Fsp3) is 0.296. The highest BCUT2D eigenvalue weighted by Crippen LogP contribution is 2.25. The molecule has 6 nitrogen and oxygen atoms in total. The van der Waals surface area contributed by atoms with Crippen LogP contribution in [-0.2, 0) is 5.54 Å². The van der Waals surface area contributed by atoms with E-state index in [1.165, 1.54) is 18.9 Å². The van der Waals surface area contributed by atoms with E-state index in [1.807, 2.05) is 32.0 Å². The van der Waals surface area contributed by atoms with Crippen molar-refractivity contribution in [3.63, 3.8) is 0 Å². The van der Waals surface area contributed by atoms with Crippen molar-refractivity contribution in [1.82, 2.24) is 15.3 Å². The molecule has 174 valence electrons. The Morgan fingerprint density at radius 2 is 1.82 bits per heavy atom. The van der Waals surface area contributed by atoms with Crippen molar-refractivity contribution in [1.29, 1.82) is 0 Å². The summed E-state index contributed by atoms with van der Waals surface area (Å²) < 4.78 is 14.9. The average Bonchev–Trinajstić information content (AvgIpc) is 3.32. The summed E-state index contributed by atoms with van der Waals surface area (Å²) in [6.45, 7) is 3.70. The smallest absolute Gasteiger partial charge is 0.255 e. The lowest BCUT2D eigenvalue weighted by molar-refractivity contribution is 0.0908. The molecule has 1 fully saturated rings. The lowest BCUT2D eigenvalue weighted by Gasteiger charge is -2.27. The fourth-order valence-electron chi connectivity index (χ4n) is 4.67. The Morgan fingerprint density at radius 1 is 1.06 bits per heavy atom. The van der Waals surface area contributed by atoms with Crippen molar-refractivity contribution in [2.45, 2.75) is 51.1 Å². The van der Waals surface area contributed by atoms with Gasteiger partial charge in [0.2, 0.25) is 0 Å². The number of para-hydroxylation sites is 1. The summed E-state index contributed by atoms with van der Waals surface area (Å²) in [5.74, 6) is -0.489. The topological polar surface area (TPSA) is 86.9 Å². The maximum Gasteiger partial charge on any atom is 0.255 e. The van der Waals surface area contributed by atoms with E-state index in [0.29, 0.717) is 22.5 Å². The molecule has 0 unspecified atom stereocenters. The van der Waals surface area contributed by atoms with E-state index in [0.717, 1.165) is 30.3 Å². The highest BCUT2D eigenvalue weighted by Gasteiger charge is 2.26. The second-order valence-corrected chi connectivity index (χ2v) is 9.51. The van der Waals surface area contributed by atoms with Crippen LogP contribution in [0.4, 0.5) is 10.2 Å². The van der Waals surface area contributed by atoms with Gasteiger partial charge in [0.25, 0.3) is 5.91 Å². The number of nitrogens with one attached hydrogen (secondary N) is 3. The van der Waals surface area contributed by atoms with Gasteiger partial charge in [-0.1, -0.05) is 31.0 Å². The maximum atomic E-state index is 14.9. The third-order valence-corrected chi connectivity index (χ3v) is 6.66. The number of pyridine rings is 2. The van der Waals surface area contributed by atoms with Gasteiger partial charge in [-0.15, -0.1) is 0 Å². The zero-order chi connectivity index (χ0) is 23.9. The Bertz CT molecular complexity index is 1440. The van der Waals surface area contributed by atoms with Gasteiger partial charge in [0.05, 0.1) is 16.6 Å². The summed E-state index contributed by atoms with van der Waals surface area (Å²) in [5.41, 5.74) is 0.673. The van der Waals surface area contributed by atoms with Crippen LogP contribution in [-0.4, -0.2) is 21.9 Å². The van der Waals surface area contributed by atoms with Gasteiger partial charge < -0.3 is 15.6 Å². The first-order valence-electron chi connectivity index (χ1n) is 11.6. The van der Waals surface area contributed by atoms with Gasteiger partial charge >= 0.3 is 0 Å². The van der Waals surface area contributed by atoms with E-state index < -0.39 is 17.3 Å². The Labute approximate surface area is 196 Å². The predicted molar refractivity (Wildman–Crippen MR) is 133 cm³/mol. The number of halogens is 1. The van der Waals surface area contributed by atoms with Crippen LogP contribution in [0.15, 0.2) is 59.5 Å². The van der Waals surface area contributed by atoms with Crippen LogP contribution >= 0.6 is 0 Å². The lowest BCUT2D eigenvalue weighted by Crippen LogP contribution is -2.41. The molecule has 0 saturated heterocycles. The quantitative estimate of drug-likeness (QED) is 0.357. The Hall–Kier alpha value is -3.74. The number of nitrogens with zero attached hydrogens (tertiary/aromatic N) is 1. The number of aromatic nitrogens is 2. The van der Waals surface area contributed by atoms with Crippen LogP contribution in [0.1, 0.15) is 55.5 Å². The standard InChI is InChI=1S/C27H27FN4O2/c1-27(2,16-11-12-24(29-15-16)30-17-7-3-4-8-17)32-26(34)19-14-23-20(13-21(19)28)25(33)18-9-5-6-10-22(18)31-23/h5-6,9-15,17H,3-4,7-8H2,1-2H3,(H,29,30)(H,31,33)(H,32,34). The zero-order valence-electron chi connectivity index (χ0n) is 19.2. The number of H-pyrrole nitrogens is 1. The number of aromatic amines is 1. The fourth-order valence-corrected chi connectivity index (χ4v) is 4.67. The third-order valence-electron chi connectivity index (χ3n) is 6.66. The molecular weight excluding hydrogens is 431 g/mol. The van der Waals surface area contributed by atoms with Gasteiger partial charge in [0, 0.05) is 28.5 Å². The Kier molecular flexibility index (Phi) is 5.55. The zero-order valence-corrected chi connectivity index (χ0v) is 19.2. The number of anilines is 1. The number of carbonyl (C=O) groups is 1. The van der Waals surface area contributed by atoms with Crippen molar-refractivity contribution < 1.29 is 9.18 Å². The Balaban J connectivity index is 1.40. The molecule has 7 heteroatoms. The van der Waals surface area contributed by atoms with Gasteiger partial charge in [-0.05, 0) is 62.6 Å². The molecular formula is C27H27FN4O2. The van der Waals surface area contributed by atoms with Gasteiger partial charge in [0.1, 0.15) is 11.6 Å². The number of rotatable bonds is 5. The summed E-state index contributed by atoms with van der Waals surface area (Å²) in [6.07, 6.45) is 6.53. The molecule has 1 aliphatic rings. The summed E-state index contributed by atoms with van der Waals surface area (Å²) in [5, 5.41) is 7.05. The first kappa shape index (κ1) is 22.1. The van der Waals surface area contributed by atoms with E-state index in [4.69, 9.17) is 0 Å². The minimum atomic E-state index is -0.784. The number of carbonyl (C=O) groups excluding carboxylic acids is 1. The first-order chi connectivity index (χ1) is 16.3. The van der Waals surface area contributed by atoms with Crippen molar-refractivity contribution in [3.05, 3.63) is 81.9 Å². The molecule has 0 atom stereocenters. The minimum Gasteiger partial charge on any atom is -0.367 e. The van der Waals surface area contributed by atoms with E-state index in [2.05, 4.69) is 20.6 Å². The van der Waals surface area contributed by atoms with Crippen LogP contribution in [0, 0.1) is 5.82 Å². The SMILES string of the molecule is CC(C)(NC(=O)c1cc2[nH]c3ccccc3c(=O)c2cc1F)c1ccc(NC2CCCC2)nc1. The molecule has 2 heterocycles. The second kappa shape index (κ2) is 8.56. The molecule has 0 bridgehead atoms. The minimum absolute atomic E-state index is 0.126. The largest absolute Gasteiger partial charge is 0.367 e. The van der Waals surface area contributed by atoms with Crippen LogP contribution < -0.4 is 16.1 Å². The Morgan fingerprint density at radius 3 is 2.56 bits per heavy atom. The molecule has 2 aromatic heterocycles. The lowest BCUT2D eigenvalue weighted by atomic mass is 9.95. The van der Waals surface area contributed by atoms with Gasteiger partial charge in [-0.3, -0.25) is 9.59 Å². The highest BCUT2D eigenvalue weighted by molar-refractivity contribution is 6.00. The molecule has 1 aliphatic carbocycles. The summed E-state index contributed by atoms with van der Waals surface area (Å²) in [7, 11) is 0. The van der Waals surface area contributed by atoms with Gasteiger partial charge in [-0.2, -0.15) is 0 Å². The van der Waals surface area contributed by atoms with Crippen molar-refractivity contribution in [2.24, 2.45) is 0 Å². The average molecular weight is 459 g/mol. The molecule has 0 aliphatic heterocycles. The van der Waals surface area contributed by atoms with Crippen LogP contribution in [0.5, 0.6) is 0 Å². The molecule has 1 amide bonds. The van der Waals surface area contributed by atoms with Crippen LogP contribution in [0.3, 0.4) is 0 Å². The molecule has 0 radical (unpaired) electrons. The van der Waals surface area contributed by atoms with E-state index in [1.54, 1.807) is 24.4 Å². The summed E-state index contributed by atoms with van der Waals surface area (Å²) in [6, 6.07) is 13.9. The number of hydrogen-bond acceptors (Lipinski definition) is 4. The summed E-state index contributed by atoms with van der Waals surface area (Å²) in [4.78, 5) is 33.5. The summed E-state index contributed by atoms with van der Waals surface area (Å²) >= 11 is 0. The molecule has 34 heavy (non-hydrogen) atoms. The molecule has 1 saturated carbocycles.